The van der Waals surface area contributed by atoms with E-state index >= 15 is 0 Å². The van der Waals surface area contributed by atoms with Crippen molar-refractivity contribution in [3.05, 3.63) is 29.8 Å². The van der Waals surface area contributed by atoms with E-state index < -0.39 is 33.0 Å². The lowest BCUT2D eigenvalue weighted by Crippen LogP contribution is -2.45. The van der Waals surface area contributed by atoms with E-state index in [1.54, 1.807) is 6.92 Å². The van der Waals surface area contributed by atoms with Gasteiger partial charge in [-0.25, -0.2) is 17.2 Å². The maximum absolute atomic E-state index is 13.2. The first kappa shape index (κ1) is 15.8. The maximum Gasteiger partial charge on any atom is 0.309 e. The summed E-state index contributed by atoms with van der Waals surface area (Å²) < 4.78 is 51.8. The highest BCUT2D eigenvalue weighted by Gasteiger charge is 2.40. The molecule has 1 aromatic carbocycles. The lowest BCUT2D eigenvalue weighted by molar-refractivity contribution is -0.150. The summed E-state index contributed by atoms with van der Waals surface area (Å²) in [5.41, 5.74) is -0.958. The summed E-state index contributed by atoms with van der Waals surface area (Å²) in [6, 6.07) is 2.39. The highest BCUT2D eigenvalue weighted by molar-refractivity contribution is 7.89. The topological polar surface area (TPSA) is 74.7 Å². The molecule has 0 amide bonds. The van der Waals surface area contributed by atoms with Crippen molar-refractivity contribution in [1.29, 1.82) is 0 Å². The Morgan fingerprint density at radius 1 is 1.24 bits per heavy atom. The Hall–Kier alpha value is -1.54. The molecule has 5 nitrogen and oxygen atoms in total. The zero-order valence-electron chi connectivity index (χ0n) is 11.3. The van der Waals surface area contributed by atoms with Crippen LogP contribution in [0, 0.1) is 17.0 Å². The summed E-state index contributed by atoms with van der Waals surface area (Å²) in [4.78, 5) is 10.8. The third-order valence-electron chi connectivity index (χ3n) is 3.87. The Kier molecular flexibility index (Phi) is 4.03. The van der Waals surface area contributed by atoms with Crippen LogP contribution in [0.1, 0.15) is 19.8 Å². The van der Waals surface area contributed by atoms with E-state index in [-0.39, 0.29) is 30.8 Å². The fourth-order valence-electron chi connectivity index (χ4n) is 2.22. The standard InChI is InChI=1S/C13H15F2NO4S/c1-13(12(17)18)4-6-16(7-5-13)21(19,20)9-2-3-10(14)11(15)8-9/h2-3,8H,4-7H2,1H3,(H,17,18). The zero-order valence-corrected chi connectivity index (χ0v) is 12.2. The number of carboxylic acid groups (broad SMARTS) is 1. The number of hydrogen-bond acceptors (Lipinski definition) is 3. The monoisotopic (exact) mass is 319 g/mol. The van der Waals surface area contributed by atoms with Crippen LogP contribution < -0.4 is 0 Å². The number of sulfonamides is 1. The Bertz CT molecular complexity index is 667. The van der Waals surface area contributed by atoms with Crippen LogP contribution in [0.4, 0.5) is 8.78 Å². The molecule has 1 aliphatic rings. The third-order valence-corrected chi connectivity index (χ3v) is 5.77. The smallest absolute Gasteiger partial charge is 0.309 e. The van der Waals surface area contributed by atoms with Crippen LogP contribution >= 0.6 is 0 Å². The lowest BCUT2D eigenvalue weighted by atomic mass is 9.81. The van der Waals surface area contributed by atoms with Gasteiger partial charge in [0.05, 0.1) is 10.3 Å². The molecule has 0 saturated carbocycles. The van der Waals surface area contributed by atoms with Crippen molar-refractivity contribution in [3.63, 3.8) is 0 Å². The summed E-state index contributed by atoms with van der Waals surface area (Å²) >= 11 is 0. The van der Waals surface area contributed by atoms with Gasteiger partial charge in [0, 0.05) is 13.1 Å². The number of nitrogens with zero attached hydrogens (tertiary/aromatic N) is 1. The van der Waals surface area contributed by atoms with Crippen molar-refractivity contribution in [3.8, 4) is 0 Å². The Labute approximate surface area is 121 Å². The molecule has 0 atom stereocenters. The molecular weight excluding hydrogens is 304 g/mol. The van der Waals surface area contributed by atoms with Gasteiger partial charge in [-0.15, -0.1) is 0 Å². The van der Waals surface area contributed by atoms with Gasteiger partial charge < -0.3 is 5.11 Å². The van der Waals surface area contributed by atoms with Gasteiger partial charge in [-0.1, -0.05) is 0 Å². The molecule has 0 unspecified atom stereocenters. The number of carboxylic acids is 1. The molecule has 0 aromatic heterocycles. The first-order chi connectivity index (χ1) is 9.67. The summed E-state index contributed by atoms with van der Waals surface area (Å²) in [6.45, 7) is 1.63. The van der Waals surface area contributed by atoms with Crippen molar-refractivity contribution in [2.75, 3.05) is 13.1 Å². The number of halogens is 2. The summed E-state index contributed by atoms with van der Waals surface area (Å²) in [5.74, 6) is -3.32. The molecule has 1 saturated heterocycles. The summed E-state index contributed by atoms with van der Waals surface area (Å²) in [6.07, 6.45) is 0.344. The average molecular weight is 319 g/mol. The SMILES string of the molecule is CC1(C(=O)O)CCN(S(=O)(=O)c2ccc(F)c(F)c2)CC1. The van der Waals surface area contributed by atoms with Gasteiger partial charge in [0.25, 0.3) is 0 Å². The molecule has 1 fully saturated rings. The van der Waals surface area contributed by atoms with Crippen molar-refractivity contribution in [1.82, 2.24) is 4.31 Å². The minimum atomic E-state index is -3.94. The molecule has 8 heteroatoms. The second kappa shape index (κ2) is 5.34. The van der Waals surface area contributed by atoms with Crippen molar-refractivity contribution in [2.45, 2.75) is 24.7 Å². The van der Waals surface area contributed by atoms with Crippen LogP contribution in [0.2, 0.25) is 0 Å². The van der Waals surface area contributed by atoms with E-state index in [0.717, 1.165) is 16.4 Å². The number of rotatable bonds is 3. The first-order valence-corrected chi connectivity index (χ1v) is 7.79. The molecule has 1 aliphatic heterocycles. The summed E-state index contributed by atoms with van der Waals surface area (Å²) in [5, 5.41) is 9.11. The van der Waals surface area contributed by atoms with Crippen LogP contribution in [0.5, 0.6) is 0 Å². The van der Waals surface area contributed by atoms with Crippen molar-refractivity contribution >= 4 is 16.0 Å². The Morgan fingerprint density at radius 2 is 1.81 bits per heavy atom. The number of benzene rings is 1. The molecule has 2 rings (SSSR count). The average Bonchev–Trinajstić information content (AvgIpc) is 2.42. The van der Waals surface area contributed by atoms with Crippen LogP contribution in [0.3, 0.4) is 0 Å². The predicted octanol–water partition coefficient (Wildman–Crippen LogP) is 1.84. The van der Waals surface area contributed by atoms with Gasteiger partial charge in [-0.3, -0.25) is 4.79 Å². The Balaban J connectivity index is 2.22. The number of hydrogen-bond donors (Lipinski definition) is 1. The molecule has 0 spiro atoms. The highest BCUT2D eigenvalue weighted by atomic mass is 32.2. The van der Waals surface area contributed by atoms with Crippen LogP contribution in [-0.4, -0.2) is 36.9 Å². The number of piperidine rings is 1. The quantitative estimate of drug-likeness (QED) is 0.922. The van der Waals surface area contributed by atoms with E-state index in [4.69, 9.17) is 5.11 Å². The molecular formula is C13H15F2NO4S. The lowest BCUT2D eigenvalue weighted by Gasteiger charge is -2.35. The van der Waals surface area contributed by atoms with E-state index in [0.29, 0.717) is 6.07 Å². The minimum Gasteiger partial charge on any atom is -0.481 e. The minimum absolute atomic E-state index is 0.0319. The van der Waals surface area contributed by atoms with Gasteiger partial charge in [-0.2, -0.15) is 4.31 Å². The van der Waals surface area contributed by atoms with Crippen molar-refractivity contribution < 1.29 is 27.1 Å². The van der Waals surface area contributed by atoms with Gasteiger partial charge in [-0.05, 0) is 38.0 Å². The van der Waals surface area contributed by atoms with E-state index in [9.17, 15) is 22.0 Å². The largest absolute Gasteiger partial charge is 0.481 e. The molecule has 1 aromatic rings. The van der Waals surface area contributed by atoms with Crippen LogP contribution in [0.25, 0.3) is 0 Å². The second-order valence-corrected chi connectivity index (χ2v) is 7.28. The first-order valence-electron chi connectivity index (χ1n) is 6.35. The molecule has 0 radical (unpaired) electrons. The van der Waals surface area contributed by atoms with Gasteiger partial charge in [0.1, 0.15) is 0 Å². The van der Waals surface area contributed by atoms with E-state index in [1.165, 1.54) is 0 Å². The van der Waals surface area contributed by atoms with Crippen LogP contribution in [-0.2, 0) is 14.8 Å². The molecule has 1 N–H and O–H groups in total. The molecule has 116 valence electrons. The molecule has 21 heavy (non-hydrogen) atoms. The van der Waals surface area contributed by atoms with Crippen molar-refractivity contribution in [2.24, 2.45) is 5.41 Å². The number of carbonyl (C=O) groups is 1. The predicted molar refractivity (Wildman–Crippen MR) is 70.1 cm³/mol. The van der Waals surface area contributed by atoms with Gasteiger partial charge >= 0.3 is 5.97 Å². The number of aliphatic carboxylic acids is 1. The van der Waals surface area contributed by atoms with Gasteiger partial charge in [0.2, 0.25) is 10.0 Å². The second-order valence-electron chi connectivity index (χ2n) is 5.35. The molecule has 0 aliphatic carbocycles. The highest BCUT2D eigenvalue weighted by Crippen LogP contribution is 2.33. The summed E-state index contributed by atoms with van der Waals surface area (Å²) in [7, 11) is -3.94. The van der Waals surface area contributed by atoms with E-state index in [1.807, 2.05) is 0 Å². The molecule has 0 bridgehead atoms. The fourth-order valence-corrected chi connectivity index (χ4v) is 3.67. The third kappa shape index (κ3) is 2.91. The fraction of sp³-hybridized carbons (Fsp3) is 0.462. The Morgan fingerprint density at radius 3 is 2.29 bits per heavy atom. The van der Waals surface area contributed by atoms with Crippen LogP contribution in [0.15, 0.2) is 23.1 Å². The molecule has 1 heterocycles. The maximum atomic E-state index is 13.2. The van der Waals surface area contributed by atoms with E-state index in [2.05, 4.69) is 0 Å². The zero-order chi connectivity index (χ0) is 15.8. The van der Waals surface area contributed by atoms with Gasteiger partial charge in [0.15, 0.2) is 11.6 Å². The normalized spacial score (nSPS) is 19.4.